The van der Waals surface area contributed by atoms with Crippen molar-refractivity contribution in [3.8, 4) is 0 Å². The molecule has 0 aliphatic rings. The molecule has 1 amide bonds. The molecule has 0 aliphatic carbocycles. The molecule has 0 radical (unpaired) electrons. The van der Waals surface area contributed by atoms with Crippen LogP contribution in [0.3, 0.4) is 0 Å². The second-order valence-corrected chi connectivity index (χ2v) is 3.24. The lowest BCUT2D eigenvalue weighted by Gasteiger charge is -2.13. The highest BCUT2D eigenvalue weighted by Crippen LogP contribution is 2.16. The standard InChI is InChI=1S/C9H20N2O/c1-2-3-8(6-7-10)4-5-9(11)12/h8H,2-7,10H2,1H3,(H2,11,12)/t8-/m0/s1. The molecule has 4 N–H and O–H groups in total. The quantitative estimate of drug-likeness (QED) is 0.602. The second-order valence-electron chi connectivity index (χ2n) is 3.24. The van der Waals surface area contributed by atoms with E-state index in [4.69, 9.17) is 11.5 Å². The van der Waals surface area contributed by atoms with Gasteiger partial charge >= 0.3 is 0 Å². The number of hydrogen-bond donors (Lipinski definition) is 2. The van der Waals surface area contributed by atoms with E-state index in [9.17, 15) is 4.79 Å². The molecule has 0 rings (SSSR count). The molecule has 0 aliphatic heterocycles. The van der Waals surface area contributed by atoms with Crippen molar-refractivity contribution in [1.29, 1.82) is 0 Å². The minimum Gasteiger partial charge on any atom is -0.370 e. The van der Waals surface area contributed by atoms with Crippen LogP contribution in [0.5, 0.6) is 0 Å². The first-order valence-corrected chi connectivity index (χ1v) is 4.69. The Labute approximate surface area is 74.5 Å². The van der Waals surface area contributed by atoms with Crippen LogP contribution >= 0.6 is 0 Å². The van der Waals surface area contributed by atoms with Crippen molar-refractivity contribution in [3.63, 3.8) is 0 Å². The minimum absolute atomic E-state index is 0.201. The molecule has 3 nitrogen and oxygen atoms in total. The first kappa shape index (κ1) is 11.4. The molecule has 0 bridgehead atoms. The summed E-state index contributed by atoms with van der Waals surface area (Å²) < 4.78 is 0. The van der Waals surface area contributed by atoms with Gasteiger partial charge in [-0.2, -0.15) is 0 Å². The van der Waals surface area contributed by atoms with Gasteiger partial charge < -0.3 is 11.5 Å². The monoisotopic (exact) mass is 172 g/mol. The van der Waals surface area contributed by atoms with Crippen LogP contribution in [-0.4, -0.2) is 12.5 Å². The molecule has 0 aromatic rings. The summed E-state index contributed by atoms with van der Waals surface area (Å²) in [7, 11) is 0. The van der Waals surface area contributed by atoms with Gasteiger partial charge in [-0.3, -0.25) is 4.79 Å². The Morgan fingerprint density at radius 2 is 2.00 bits per heavy atom. The second kappa shape index (κ2) is 7.10. The van der Waals surface area contributed by atoms with Crippen molar-refractivity contribution in [1.82, 2.24) is 0 Å². The summed E-state index contributed by atoms with van der Waals surface area (Å²) in [5.74, 6) is 0.389. The van der Waals surface area contributed by atoms with Crippen LogP contribution < -0.4 is 11.5 Å². The zero-order valence-electron chi connectivity index (χ0n) is 7.88. The summed E-state index contributed by atoms with van der Waals surface area (Å²) in [6, 6.07) is 0. The van der Waals surface area contributed by atoms with E-state index in [1.54, 1.807) is 0 Å². The molecular weight excluding hydrogens is 152 g/mol. The molecule has 3 heteroatoms. The van der Waals surface area contributed by atoms with E-state index < -0.39 is 0 Å². The van der Waals surface area contributed by atoms with Gasteiger partial charge in [0.25, 0.3) is 0 Å². The van der Waals surface area contributed by atoms with Crippen LogP contribution in [0, 0.1) is 5.92 Å². The van der Waals surface area contributed by atoms with Gasteiger partial charge in [0.05, 0.1) is 0 Å². The molecule has 0 fully saturated rings. The summed E-state index contributed by atoms with van der Waals surface area (Å²) in [5, 5.41) is 0. The van der Waals surface area contributed by atoms with Crippen LogP contribution in [0.15, 0.2) is 0 Å². The Morgan fingerprint density at radius 1 is 1.33 bits per heavy atom. The van der Waals surface area contributed by atoms with Gasteiger partial charge in [-0.15, -0.1) is 0 Å². The van der Waals surface area contributed by atoms with Crippen LogP contribution in [-0.2, 0) is 4.79 Å². The Balaban J connectivity index is 3.54. The SMILES string of the molecule is CCC[C@H](CCN)CCC(N)=O. The molecule has 0 saturated carbocycles. The third-order valence-corrected chi connectivity index (χ3v) is 2.07. The summed E-state index contributed by atoms with van der Waals surface area (Å²) in [4.78, 5) is 10.5. The number of carbonyl (C=O) groups is 1. The Hall–Kier alpha value is -0.570. The molecule has 1 atom stereocenters. The maximum Gasteiger partial charge on any atom is 0.217 e. The van der Waals surface area contributed by atoms with Crippen molar-refractivity contribution < 1.29 is 4.79 Å². The van der Waals surface area contributed by atoms with Gasteiger partial charge in [0.1, 0.15) is 0 Å². The maximum absolute atomic E-state index is 10.5. The molecule has 12 heavy (non-hydrogen) atoms. The van der Waals surface area contributed by atoms with Crippen LogP contribution in [0.1, 0.15) is 39.0 Å². The van der Waals surface area contributed by atoms with Gasteiger partial charge in [-0.1, -0.05) is 19.8 Å². The molecule has 0 aromatic heterocycles. The highest BCUT2D eigenvalue weighted by atomic mass is 16.1. The molecule has 0 aromatic carbocycles. The summed E-state index contributed by atoms with van der Waals surface area (Å²) in [5.41, 5.74) is 10.5. The van der Waals surface area contributed by atoms with Crippen molar-refractivity contribution in [2.75, 3.05) is 6.54 Å². The van der Waals surface area contributed by atoms with Crippen molar-refractivity contribution in [2.24, 2.45) is 17.4 Å². The van der Waals surface area contributed by atoms with Crippen molar-refractivity contribution in [3.05, 3.63) is 0 Å². The number of primary amides is 1. The number of amides is 1. The first-order valence-electron chi connectivity index (χ1n) is 4.69. The molecule has 72 valence electrons. The lowest BCUT2D eigenvalue weighted by atomic mass is 9.94. The predicted octanol–water partition coefficient (Wildman–Crippen LogP) is 1.02. The lowest BCUT2D eigenvalue weighted by molar-refractivity contribution is -0.118. The van der Waals surface area contributed by atoms with Crippen LogP contribution in [0.2, 0.25) is 0 Å². The highest BCUT2D eigenvalue weighted by Gasteiger charge is 2.07. The zero-order valence-corrected chi connectivity index (χ0v) is 7.88. The summed E-state index contributed by atoms with van der Waals surface area (Å²) in [6.45, 7) is 2.86. The van der Waals surface area contributed by atoms with E-state index in [0.717, 1.165) is 25.7 Å². The van der Waals surface area contributed by atoms with Gasteiger partial charge in [-0.25, -0.2) is 0 Å². The summed E-state index contributed by atoms with van der Waals surface area (Å²) in [6.07, 6.45) is 4.74. The fourth-order valence-corrected chi connectivity index (χ4v) is 1.42. The van der Waals surface area contributed by atoms with Gasteiger partial charge in [0, 0.05) is 6.42 Å². The first-order chi connectivity index (χ1) is 5.70. The van der Waals surface area contributed by atoms with Gasteiger partial charge in [0.15, 0.2) is 0 Å². The number of rotatable bonds is 7. The van der Waals surface area contributed by atoms with E-state index in [-0.39, 0.29) is 5.91 Å². The molecule has 0 saturated heterocycles. The van der Waals surface area contributed by atoms with E-state index in [0.29, 0.717) is 18.9 Å². The number of hydrogen-bond acceptors (Lipinski definition) is 2. The number of nitrogens with two attached hydrogens (primary N) is 2. The van der Waals surface area contributed by atoms with E-state index >= 15 is 0 Å². The van der Waals surface area contributed by atoms with Crippen molar-refractivity contribution in [2.45, 2.75) is 39.0 Å². The third kappa shape index (κ3) is 6.16. The molecule has 0 spiro atoms. The normalized spacial score (nSPS) is 12.8. The zero-order chi connectivity index (χ0) is 9.40. The van der Waals surface area contributed by atoms with Crippen molar-refractivity contribution >= 4 is 5.91 Å². The fourth-order valence-electron chi connectivity index (χ4n) is 1.42. The van der Waals surface area contributed by atoms with Gasteiger partial charge in [0.2, 0.25) is 5.91 Å². The topological polar surface area (TPSA) is 69.1 Å². The summed E-state index contributed by atoms with van der Waals surface area (Å²) >= 11 is 0. The highest BCUT2D eigenvalue weighted by molar-refractivity contribution is 5.73. The van der Waals surface area contributed by atoms with Gasteiger partial charge in [-0.05, 0) is 25.3 Å². The van der Waals surface area contributed by atoms with E-state index in [1.807, 2.05) is 0 Å². The maximum atomic E-state index is 10.5. The smallest absolute Gasteiger partial charge is 0.217 e. The Kier molecular flexibility index (Phi) is 6.76. The van der Waals surface area contributed by atoms with E-state index in [2.05, 4.69) is 6.92 Å². The lowest BCUT2D eigenvalue weighted by Crippen LogP contribution is -2.15. The van der Waals surface area contributed by atoms with Crippen LogP contribution in [0.4, 0.5) is 0 Å². The third-order valence-electron chi connectivity index (χ3n) is 2.07. The Morgan fingerprint density at radius 3 is 2.42 bits per heavy atom. The fraction of sp³-hybridized carbons (Fsp3) is 0.889. The minimum atomic E-state index is -0.201. The molecular formula is C9H20N2O. The molecule has 0 unspecified atom stereocenters. The van der Waals surface area contributed by atoms with Crippen LogP contribution in [0.25, 0.3) is 0 Å². The average molecular weight is 172 g/mol. The predicted molar refractivity (Wildman–Crippen MR) is 50.5 cm³/mol. The Bertz CT molecular complexity index is 120. The largest absolute Gasteiger partial charge is 0.370 e. The molecule has 0 heterocycles. The average Bonchev–Trinajstić information content (AvgIpc) is 2.01. The van der Waals surface area contributed by atoms with E-state index in [1.165, 1.54) is 0 Å². The number of carbonyl (C=O) groups excluding carboxylic acids is 1.